The zero-order valence-electron chi connectivity index (χ0n) is 10.5. The Morgan fingerprint density at radius 2 is 2.18 bits per heavy atom. The van der Waals surface area contributed by atoms with Crippen LogP contribution < -0.4 is 5.32 Å². The molecule has 0 radical (unpaired) electrons. The summed E-state index contributed by atoms with van der Waals surface area (Å²) in [5.41, 5.74) is 4.49. The summed E-state index contributed by atoms with van der Waals surface area (Å²) < 4.78 is 2.04. The largest absolute Gasteiger partial charge is 0.334 e. The Hall–Kier alpha value is -0.870. The van der Waals surface area contributed by atoms with Crippen LogP contribution >= 0.6 is 15.9 Å². The molecule has 0 amide bonds. The Kier molecular flexibility index (Phi) is 3.54. The number of nitrogens with zero attached hydrogens (tertiary/aromatic N) is 2. The fraction of sp³-hybridized carbons (Fsp3) is 0.462. The van der Waals surface area contributed by atoms with Gasteiger partial charge in [0.25, 0.3) is 0 Å². The molecule has 92 valence electrons. The predicted octanol–water partition coefficient (Wildman–Crippen LogP) is 2.79. The van der Waals surface area contributed by atoms with Gasteiger partial charge >= 0.3 is 0 Å². The van der Waals surface area contributed by atoms with Crippen LogP contribution in [0, 0.1) is 0 Å². The number of fused-ring (bicyclic) bond motifs is 1. The highest BCUT2D eigenvalue weighted by atomic mass is 79.9. The number of imidazole rings is 1. The molecule has 3 nitrogen and oxygen atoms in total. The van der Waals surface area contributed by atoms with Crippen LogP contribution in [-0.4, -0.2) is 21.5 Å². The van der Waals surface area contributed by atoms with Crippen molar-refractivity contribution in [3.63, 3.8) is 0 Å². The highest BCUT2D eigenvalue weighted by Crippen LogP contribution is 2.25. The van der Waals surface area contributed by atoms with Crippen LogP contribution in [0.5, 0.6) is 0 Å². The van der Waals surface area contributed by atoms with Crippen LogP contribution in [0.15, 0.2) is 24.5 Å². The fourth-order valence-corrected chi connectivity index (χ4v) is 2.22. The first-order valence-electron chi connectivity index (χ1n) is 5.73. The van der Waals surface area contributed by atoms with Gasteiger partial charge in [-0.05, 0) is 17.7 Å². The van der Waals surface area contributed by atoms with Gasteiger partial charge in [-0.15, -0.1) is 0 Å². The second kappa shape index (κ2) is 4.78. The molecule has 0 saturated heterocycles. The average Bonchev–Trinajstić information content (AvgIpc) is 2.68. The number of alkyl halides is 1. The average molecular weight is 296 g/mol. The quantitative estimate of drug-likeness (QED) is 0.694. The Bertz CT molecular complexity index is 516. The first kappa shape index (κ1) is 12.6. The molecule has 0 aliphatic heterocycles. The number of rotatable bonds is 4. The highest BCUT2D eigenvalue weighted by molar-refractivity contribution is 9.09. The van der Waals surface area contributed by atoms with Crippen LogP contribution in [0.1, 0.15) is 19.4 Å². The highest BCUT2D eigenvalue weighted by Gasteiger charge is 2.20. The second-order valence-corrected chi connectivity index (χ2v) is 5.56. The van der Waals surface area contributed by atoms with Crippen molar-refractivity contribution in [1.82, 2.24) is 14.9 Å². The molecule has 0 bridgehead atoms. The molecule has 0 aliphatic rings. The van der Waals surface area contributed by atoms with Crippen LogP contribution in [0.3, 0.4) is 0 Å². The lowest BCUT2D eigenvalue weighted by Crippen LogP contribution is -2.32. The van der Waals surface area contributed by atoms with Gasteiger partial charge in [-0.3, -0.25) is 0 Å². The maximum Gasteiger partial charge on any atom is 0.0955 e. The van der Waals surface area contributed by atoms with E-state index in [1.807, 2.05) is 17.9 Å². The molecule has 2 aromatic rings. The zero-order chi connectivity index (χ0) is 12.5. The summed E-state index contributed by atoms with van der Waals surface area (Å²) in [6.07, 6.45) is 1.86. The third kappa shape index (κ3) is 2.53. The summed E-state index contributed by atoms with van der Waals surface area (Å²) in [7, 11) is 2.02. The lowest BCUT2D eigenvalue weighted by Gasteiger charge is -2.25. The van der Waals surface area contributed by atoms with Crippen LogP contribution in [0.4, 0.5) is 0 Å². The SMILES string of the molecule is Cn1cnc2cc(C(C)(C)CNCBr)ccc21. The maximum atomic E-state index is 4.41. The van der Waals surface area contributed by atoms with Gasteiger partial charge in [-0.1, -0.05) is 35.8 Å². The molecule has 0 unspecified atom stereocenters. The Morgan fingerprint density at radius 1 is 1.41 bits per heavy atom. The number of nitrogens with one attached hydrogen (secondary N) is 1. The van der Waals surface area contributed by atoms with Crippen molar-refractivity contribution >= 4 is 27.0 Å². The molecule has 1 N–H and O–H groups in total. The van der Waals surface area contributed by atoms with Crippen molar-refractivity contribution in [2.75, 3.05) is 12.0 Å². The standard InChI is InChI=1S/C13H18BrN3/c1-13(2,7-15-8-14)10-4-5-12-11(6-10)16-9-17(12)3/h4-6,9,15H,7-8H2,1-3H3. The van der Waals surface area contributed by atoms with E-state index in [4.69, 9.17) is 0 Å². The van der Waals surface area contributed by atoms with Crippen molar-refractivity contribution < 1.29 is 0 Å². The van der Waals surface area contributed by atoms with Crippen molar-refractivity contribution in [3.8, 4) is 0 Å². The minimum absolute atomic E-state index is 0.111. The van der Waals surface area contributed by atoms with Gasteiger partial charge in [0, 0.05) is 19.0 Å². The maximum absolute atomic E-state index is 4.41. The van der Waals surface area contributed by atoms with Crippen molar-refractivity contribution in [1.29, 1.82) is 0 Å². The molecular weight excluding hydrogens is 278 g/mol. The third-order valence-corrected chi connectivity index (χ3v) is 3.56. The van der Waals surface area contributed by atoms with Gasteiger partial charge in [0.05, 0.1) is 22.8 Å². The lowest BCUT2D eigenvalue weighted by molar-refractivity contribution is 0.491. The Morgan fingerprint density at radius 3 is 2.88 bits per heavy atom. The molecule has 0 atom stereocenters. The minimum atomic E-state index is 0.111. The molecule has 0 saturated carbocycles. The van der Waals surface area contributed by atoms with E-state index in [0.29, 0.717) is 0 Å². The second-order valence-electron chi connectivity index (χ2n) is 5.00. The van der Waals surface area contributed by atoms with E-state index < -0.39 is 0 Å². The topological polar surface area (TPSA) is 29.9 Å². The Balaban J connectivity index is 2.35. The van der Waals surface area contributed by atoms with Crippen LogP contribution in [0.25, 0.3) is 11.0 Å². The number of aromatic nitrogens is 2. The molecule has 4 heteroatoms. The molecular formula is C13H18BrN3. The summed E-state index contributed by atoms with van der Waals surface area (Å²) in [6, 6.07) is 6.53. The van der Waals surface area contributed by atoms with E-state index in [0.717, 1.165) is 17.5 Å². The predicted molar refractivity (Wildman–Crippen MR) is 75.5 cm³/mol. The Labute approximate surface area is 110 Å². The summed E-state index contributed by atoms with van der Waals surface area (Å²) >= 11 is 3.39. The molecule has 0 aliphatic carbocycles. The smallest absolute Gasteiger partial charge is 0.0955 e. The first-order chi connectivity index (χ1) is 8.04. The number of hydrogen-bond acceptors (Lipinski definition) is 2. The van der Waals surface area contributed by atoms with Gasteiger partial charge in [0.1, 0.15) is 0 Å². The third-order valence-electron chi connectivity index (χ3n) is 3.17. The molecule has 2 rings (SSSR count). The summed E-state index contributed by atoms with van der Waals surface area (Å²) in [5.74, 6) is 0. The van der Waals surface area contributed by atoms with E-state index in [2.05, 4.69) is 58.3 Å². The van der Waals surface area contributed by atoms with E-state index in [1.54, 1.807) is 0 Å². The normalized spacial score (nSPS) is 12.2. The van der Waals surface area contributed by atoms with Gasteiger partial charge in [0.15, 0.2) is 0 Å². The molecule has 1 aromatic heterocycles. The monoisotopic (exact) mass is 295 g/mol. The molecule has 1 heterocycles. The van der Waals surface area contributed by atoms with Gasteiger partial charge in [-0.25, -0.2) is 4.98 Å². The van der Waals surface area contributed by atoms with Crippen molar-refractivity contribution in [2.45, 2.75) is 19.3 Å². The molecule has 1 aromatic carbocycles. The van der Waals surface area contributed by atoms with Gasteiger partial charge in [-0.2, -0.15) is 0 Å². The lowest BCUT2D eigenvalue weighted by atomic mass is 9.84. The summed E-state index contributed by atoms with van der Waals surface area (Å²) in [4.78, 5) is 4.41. The van der Waals surface area contributed by atoms with E-state index in [9.17, 15) is 0 Å². The zero-order valence-corrected chi connectivity index (χ0v) is 12.1. The first-order valence-corrected chi connectivity index (χ1v) is 6.85. The van der Waals surface area contributed by atoms with Gasteiger partial charge in [0.2, 0.25) is 0 Å². The van der Waals surface area contributed by atoms with Crippen molar-refractivity contribution in [3.05, 3.63) is 30.1 Å². The number of aryl methyl sites for hydroxylation is 1. The van der Waals surface area contributed by atoms with Crippen LogP contribution in [0.2, 0.25) is 0 Å². The van der Waals surface area contributed by atoms with E-state index >= 15 is 0 Å². The van der Waals surface area contributed by atoms with Crippen molar-refractivity contribution in [2.24, 2.45) is 7.05 Å². The van der Waals surface area contributed by atoms with Gasteiger partial charge < -0.3 is 9.88 Å². The molecule has 0 fully saturated rings. The number of benzene rings is 1. The fourth-order valence-electron chi connectivity index (χ4n) is 2.02. The molecule has 17 heavy (non-hydrogen) atoms. The summed E-state index contributed by atoms with van der Waals surface area (Å²) in [6.45, 7) is 5.43. The molecule has 0 spiro atoms. The van der Waals surface area contributed by atoms with Crippen LogP contribution in [-0.2, 0) is 12.5 Å². The minimum Gasteiger partial charge on any atom is -0.334 e. The number of halogens is 1. The van der Waals surface area contributed by atoms with E-state index in [-0.39, 0.29) is 5.41 Å². The number of hydrogen-bond donors (Lipinski definition) is 1. The summed E-state index contributed by atoms with van der Waals surface area (Å²) in [5, 5.41) is 3.33. The van der Waals surface area contributed by atoms with E-state index in [1.165, 1.54) is 11.1 Å².